The SMILES string of the molecule is Cc1ccc(OP2(=S)Oc3ccc(C)cc3C(C(Cl)(Cl)Cl)O2)cc1. The second-order valence-electron chi connectivity index (χ2n) is 5.51. The molecule has 0 saturated heterocycles. The van der Waals surface area contributed by atoms with E-state index >= 15 is 0 Å². The van der Waals surface area contributed by atoms with Crippen molar-refractivity contribution in [3.8, 4) is 11.5 Å². The number of alkyl halides is 3. The Labute approximate surface area is 161 Å². The fourth-order valence-corrected chi connectivity index (χ4v) is 5.16. The molecule has 0 bridgehead atoms. The first kappa shape index (κ1) is 18.3. The Kier molecular flexibility index (Phi) is 5.10. The monoisotopic (exact) mass is 422 g/mol. The van der Waals surface area contributed by atoms with Crippen molar-refractivity contribution in [1.29, 1.82) is 0 Å². The van der Waals surface area contributed by atoms with Gasteiger partial charge in [0, 0.05) is 17.4 Å². The Morgan fingerprint density at radius 3 is 2.29 bits per heavy atom. The van der Waals surface area contributed by atoms with Gasteiger partial charge < -0.3 is 9.05 Å². The van der Waals surface area contributed by atoms with Crippen LogP contribution in [0.15, 0.2) is 42.5 Å². The molecule has 128 valence electrons. The summed E-state index contributed by atoms with van der Waals surface area (Å²) in [4.78, 5) is 0. The van der Waals surface area contributed by atoms with Crippen LogP contribution in [0.1, 0.15) is 22.8 Å². The van der Waals surface area contributed by atoms with E-state index in [-0.39, 0.29) is 0 Å². The van der Waals surface area contributed by atoms with E-state index in [0.717, 1.165) is 11.1 Å². The molecule has 0 amide bonds. The number of hydrogen-bond acceptors (Lipinski definition) is 4. The molecular weight excluding hydrogens is 410 g/mol. The zero-order chi connectivity index (χ0) is 17.5. The first-order chi connectivity index (χ1) is 11.2. The highest BCUT2D eigenvalue weighted by Crippen LogP contribution is 2.62. The normalized spacial score (nSPS) is 23.3. The minimum atomic E-state index is -3.17. The molecule has 2 aromatic carbocycles. The lowest BCUT2D eigenvalue weighted by molar-refractivity contribution is 0.160. The Bertz CT molecular complexity index is 805. The third-order valence-electron chi connectivity index (χ3n) is 3.43. The zero-order valence-corrected chi connectivity index (χ0v) is 16.8. The Morgan fingerprint density at radius 1 is 1.04 bits per heavy atom. The molecule has 0 radical (unpaired) electrons. The standard InChI is InChI=1S/C16H14Cl3O3PS/c1-10-3-6-12(7-4-10)20-23(24)21-14-8-5-11(2)9-13(14)15(22-23)16(17,18)19/h3-9,15H,1-2H3. The first-order valence-electron chi connectivity index (χ1n) is 7.08. The minimum Gasteiger partial charge on any atom is -0.416 e. The Balaban J connectivity index is 1.98. The van der Waals surface area contributed by atoms with Crippen LogP contribution in [0.5, 0.6) is 11.5 Å². The van der Waals surface area contributed by atoms with Gasteiger partial charge in [0.15, 0.2) is 0 Å². The maximum absolute atomic E-state index is 6.11. The first-order valence-corrected chi connectivity index (χ1v) is 10.8. The number of rotatable bonds is 2. The average Bonchev–Trinajstić information content (AvgIpc) is 2.48. The van der Waals surface area contributed by atoms with Crippen molar-refractivity contribution in [2.75, 3.05) is 0 Å². The van der Waals surface area contributed by atoms with Crippen LogP contribution in [0.3, 0.4) is 0 Å². The molecule has 0 spiro atoms. The summed E-state index contributed by atoms with van der Waals surface area (Å²) in [5.41, 5.74) is 2.74. The van der Waals surface area contributed by atoms with Crippen molar-refractivity contribution in [3.63, 3.8) is 0 Å². The second-order valence-corrected chi connectivity index (χ2v) is 10.7. The van der Waals surface area contributed by atoms with Crippen LogP contribution < -0.4 is 9.05 Å². The number of halogens is 3. The summed E-state index contributed by atoms with van der Waals surface area (Å²) in [5.74, 6) is 1.06. The molecule has 24 heavy (non-hydrogen) atoms. The highest BCUT2D eigenvalue weighted by Gasteiger charge is 2.46. The quantitative estimate of drug-likeness (QED) is 0.411. The number of aryl methyl sites for hydroxylation is 2. The minimum absolute atomic E-state index is 0.513. The Morgan fingerprint density at radius 2 is 1.67 bits per heavy atom. The van der Waals surface area contributed by atoms with E-state index in [1.165, 1.54) is 0 Å². The van der Waals surface area contributed by atoms with Gasteiger partial charge in [-0.1, -0.05) is 64.1 Å². The number of benzene rings is 2. The van der Waals surface area contributed by atoms with Gasteiger partial charge in [0.25, 0.3) is 0 Å². The smallest absolute Gasteiger partial charge is 0.416 e. The van der Waals surface area contributed by atoms with Crippen LogP contribution in [0.25, 0.3) is 0 Å². The molecule has 3 rings (SSSR count). The van der Waals surface area contributed by atoms with E-state index < -0.39 is 16.6 Å². The molecule has 1 aliphatic heterocycles. The van der Waals surface area contributed by atoms with Crippen molar-refractivity contribution < 1.29 is 13.6 Å². The van der Waals surface area contributed by atoms with E-state index in [4.69, 9.17) is 60.2 Å². The molecule has 2 unspecified atom stereocenters. The zero-order valence-electron chi connectivity index (χ0n) is 12.8. The number of fused-ring (bicyclic) bond motifs is 1. The van der Waals surface area contributed by atoms with E-state index in [0.29, 0.717) is 17.1 Å². The van der Waals surface area contributed by atoms with Crippen molar-refractivity contribution in [1.82, 2.24) is 0 Å². The fourth-order valence-electron chi connectivity index (χ4n) is 2.29. The molecule has 1 aliphatic rings. The molecule has 0 aromatic heterocycles. The molecule has 8 heteroatoms. The lowest BCUT2D eigenvalue weighted by Gasteiger charge is -2.36. The van der Waals surface area contributed by atoms with Gasteiger partial charge in [-0.25, -0.2) is 0 Å². The largest absolute Gasteiger partial charge is 0.435 e. The Hall–Kier alpha value is -0.480. The van der Waals surface area contributed by atoms with E-state index in [1.807, 2.05) is 38.1 Å². The lowest BCUT2D eigenvalue weighted by Crippen LogP contribution is -2.26. The van der Waals surface area contributed by atoms with Crippen LogP contribution in [-0.4, -0.2) is 3.79 Å². The van der Waals surface area contributed by atoms with E-state index in [9.17, 15) is 0 Å². The molecule has 1 heterocycles. The van der Waals surface area contributed by atoms with Gasteiger partial charge >= 0.3 is 6.72 Å². The van der Waals surface area contributed by atoms with Crippen LogP contribution in [0.4, 0.5) is 0 Å². The summed E-state index contributed by atoms with van der Waals surface area (Å²) < 4.78 is 15.8. The number of hydrogen-bond donors (Lipinski definition) is 0. The molecule has 0 saturated carbocycles. The van der Waals surface area contributed by atoms with E-state index in [1.54, 1.807) is 18.2 Å². The summed E-state index contributed by atoms with van der Waals surface area (Å²) in [5, 5.41) is 0. The maximum atomic E-state index is 6.11. The van der Waals surface area contributed by atoms with Gasteiger partial charge in [-0.3, -0.25) is 4.52 Å². The summed E-state index contributed by atoms with van der Waals surface area (Å²) >= 11 is 23.8. The fraction of sp³-hybridized carbons (Fsp3) is 0.250. The summed E-state index contributed by atoms with van der Waals surface area (Å²) in [6.45, 7) is 0.743. The van der Waals surface area contributed by atoms with Crippen molar-refractivity contribution in [2.45, 2.75) is 23.7 Å². The third-order valence-corrected chi connectivity index (χ3v) is 6.05. The molecule has 2 atom stereocenters. The highest BCUT2D eigenvalue weighted by atomic mass is 35.6. The van der Waals surface area contributed by atoms with Gasteiger partial charge in [0.1, 0.15) is 17.6 Å². The van der Waals surface area contributed by atoms with Crippen molar-refractivity contribution in [2.24, 2.45) is 0 Å². The van der Waals surface area contributed by atoms with Gasteiger partial charge in [-0.2, -0.15) is 0 Å². The molecule has 0 fully saturated rings. The van der Waals surface area contributed by atoms with Crippen molar-refractivity contribution in [3.05, 3.63) is 59.2 Å². The summed E-state index contributed by atoms with van der Waals surface area (Å²) in [6, 6.07) is 12.9. The van der Waals surface area contributed by atoms with Crippen LogP contribution >= 0.6 is 41.5 Å². The lowest BCUT2D eigenvalue weighted by atomic mass is 10.1. The predicted molar refractivity (Wildman–Crippen MR) is 102 cm³/mol. The maximum Gasteiger partial charge on any atom is 0.435 e. The molecule has 2 aromatic rings. The van der Waals surface area contributed by atoms with Gasteiger partial charge in [-0.15, -0.1) is 0 Å². The van der Waals surface area contributed by atoms with E-state index in [2.05, 4.69) is 0 Å². The van der Waals surface area contributed by atoms with Crippen LogP contribution in [0.2, 0.25) is 0 Å². The summed E-state index contributed by atoms with van der Waals surface area (Å²) in [7, 11) is 0. The topological polar surface area (TPSA) is 27.7 Å². The average molecular weight is 424 g/mol. The van der Waals surface area contributed by atoms with Crippen LogP contribution in [0, 0.1) is 13.8 Å². The molecular formula is C16H14Cl3O3PS. The second kappa shape index (κ2) is 6.68. The van der Waals surface area contributed by atoms with Gasteiger partial charge in [-0.05, 0) is 38.1 Å². The summed E-state index contributed by atoms with van der Waals surface area (Å²) in [6.07, 6.45) is -0.873. The highest BCUT2D eigenvalue weighted by molar-refractivity contribution is 8.08. The van der Waals surface area contributed by atoms with Crippen LogP contribution in [-0.2, 0) is 16.3 Å². The van der Waals surface area contributed by atoms with Crippen molar-refractivity contribution >= 4 is 53.3 Å². The third kappa shape index (κ3) is 4.01. The molecule has 0 aliphatic carbocycles. The molecule has 3 nitrogen and oxygen atoms in total. The molecule has 0 N–H and O–H groups in total. The predicted octanol–water partition coefficient (Wildman–Crippen LogP) is 6.43. The van der Waals surface area contributed by atoms with Gasteiger partial charge in [0.2, 0.25) is 3.79 Å². The van der Waals surface area contributed by atoms with Gasteiger partial charge in [0.05, 0.1) is 0 Å².